The van der Waals surface area contributed by atoms with Gasteiger partial charge in [0.05, 0.1) is 13.2 Å². The standard InChI is InChI=1S/C21H27N5O2.ClH/c27-20(13-16-7-12-28-18-4-2-1-3-17(16)18)25-9-5-15(6-10-25)21-24-23-19-14-22-8-11-26(19)21;/h1-4,15-16,22H,5-14H2;1H. The van der Waals surface area contributed by atoms with Crippen molar-refractivity contribution in [1.82, 2.24) is 25.0 Å². The summed E-state index contributed by atoms with van der Waals surface area (Å²) in [6.45, 7) is 5.05. The van der Waals surface area contributed by atoms with Gasteiger partial charge in [0.2, 0.25) is 5.91 Å². The molecule has 1 amide bonds. The van der Waals surface area contributed by atoms with E-state index in [9.17, 15) is 4.79 Å². The third-order valence-electron chi connectivity index (χ3n) is 6.37. The smallest absolute Gasteiger partial charge is 0.223 e. The van der Waals surface area contributed by atoms with E-state index >= 15 is 0 Å². The summed E-state index contributed by atoms with van der Waals surface area (Å²) in [4.78, 5) is 15.0. The molecule has 3 aliphatic rings. The van der Waals surface area contributed by atoms with Crippen molar-refractivity contribution in [2.24, 2.45) is 0 Å². The van der Waals surface area contributed by atoms with Crippen LogP contribution in [0.5, 0.6) is 5.75 Å². The molecule has 8 heteroatoms. The van der Waals surface area contributed by atoms with Gasteiger partial charge in [-0.25, -0.2) is 0 Å². The minimum absolute atomic E-state index is 0. The maximum absolute atomic E-state index is 12.9. The molecular formula is C21H28ClN5O2. The Morgan fingerprint density at radius 2 is 1.97 bits per heavy atom. The molecule has 1 unspecified atom stereocenters. The van der Waals surface area contributed by atoms with Gasteiger partial charge >= 0.3 is 0 Å². The fraction of sp³-hybridized carbons (Fsp3) is 0.571. The van der Waals surface area contributed by atoms with E-state index in [1.54, 1.807) is 0 Å². The van der Waals surface area contributed by atoms with Crippen LogP contribution in [0, 0.1) is 0 Å². The number of aromatic nitrogens is 3. The van der Waals surface area contributed by atoms with Crippen LogP contribution >= 0.6 is 12.4 Å². The van der Waals surface area contributed by atoms with Crippen LogP contribution in [0.25, 0.3) is 0 Å². The number of carbonyl (C=O) groups excluding carboxylic acids is 1. The first-order chi connectivity index (χ1) is 13.8. The van der Waals surface area contributed by atoms with Gasteiger partial charge in [-0.2, -0.15) is 0 Å². The molecule has 0 radical (unpaired) electrons. The minimum Gasteiger partial charge on any atom is -0.493 e. The normalized spacial score (nSPS) is 21.5. The average Bonchev–Trinajstić information content (AvgIpc) is 3.18. The number of hydrogen-bond acceptors (Lipinski definition) is 5. The van der Waals surface area contributed by atoms with Crippen molar-refractivity contribution in [1.29, 1.82) is 0 Å². The van der Waals surface area contributed by atoms with Gasteiger partial charge in [-0.1, -0.05) is 18.2 Å². The molecule has 0 aliphatic carbocycles. The fourth-order valence-electron chi connectivity index (χ4n) is 4.77. The van der Waals surface area contributed by atoms with Gasteiger partial charge in [-0.05, 0) is 36.8 Å². The molecule has 29 heavy (non-hydrogen) atoms. The van der Waals surface area contributed by atoms with E-state index in [4.69, 9.17) is 4.74 Å². The topological polar surface area (TPSA) is 72.3 Å². The SMILES string of the molecule is Cl.O=C(CC1CCOc2ccccc21)N1CCC(c2nnc3n2CCNC3)CC1. The molecule has 3 aliphatic heterocycles. The van der Waals surface area contributed by atoms with Crippen LogP contribution < -0.4 is 10.1 Å². The van der Waals surface area contributed by atoms with Gasteiger partial charge < -0.3 is 19.5 Å². The van der Waals surface area contributed by atoms with Crippen molar-refractivity contribution in [2.45, 2.75) is 50.6 Å². The number of para-hydroxylation sites is 1. The molecule has 5 rings (SSSR count). The molecule has 1 N–H and O–H groups in total. The van der Waals surface area contributed by atoms with Crippen molar-refractivity contribution in [3.05, 3.63) is 41.5 Å². The molecule has 156 valence electrons. The summed E-state index contributed by atoms with van der Waals surface area (Å²) in [5, 5.41) is 12.1. The summed E-state index contributed by atoms with van der Waals surface area (Å²) < 4.78 is 8.01. The Morgan fingerprint density at radius 1 is 1.14 bits per heavy atom. The second-order valence-corrected chi connectivity index (χ2v) is 8.03. The molecular weight excluding hydrogens is 390 g/mol. The van der Waals surface area contributed by atoms with Gasteiger partial charge in [0.15, 0.2) is 0 Å². The molecule has 1 fully saturated rings. The number of nitrogens with zero attached hydrogens (tertiary/aromatic N) is 4. The van der Waals surface area contributed by atoms with E-state index in [0.717, 1.165) is 69.4 Å². The quantitative estimate of drug-likeness (QED) is 0.830. The number of fused-ring (bicyclic) bond motifs is 2. The molecule has 0 bridgehead atoms. The third-order valence-corrected chi connectivity index (χ3v) is 6.37. The van der Waals surface area contributed by atoms with Crippen LogP contribution in [0.2, 0.25) is 0 Å². The molecule has 0 spiro atoms. The predicted octanol–water partition coefficient (Wildman–Crippen LogP) is 2.47. The van der Waals surface area contributed by atoms with Gasteiger partial charge in [0, 0.05) is 38.5 Å². The average molecular weight is 418 g/mol. The zero-order valence-electron chi connectivity index (χ0n) is 16.5. The Bertz CT molecular complexity index is 863. The lowest BCUT2D eigenvalue weighted by Crippen LogP contribution is -2.39. The van der Waals surface area contributed by atoms with E-state index in [2.05, 4.69) is 26.1 Å². The Labute approximate surface area is 177 Å². The van der Waals surface area contributed by atoms with Crippen molar-refractivity contribution in [3.8, 4) is 5.75 Å². The van der Waals surface area contributed by atoms with E-state index in [1.807, 2.05) is 23.1 Å². The highest BCUT2D eigenvalue weighted by molar-refractivity contribution is 5.85. The summed E-state index contributed by atoms with van der Waals surface area (Å²) in [6, 6.07) is 8.13. The van der Waals surface area contributed by atoms with Crippen LogP contribution in [0.3, 0.4) is 0 Å². The second-order valence-electron chi connectivity index (χ2n) is 8.03. The maximum Gasteiger partial charge on any atom is 0.223 e. The van der Waals surface area contributed by atoms with Crippen molar-refractivity contribution in [3.63, 3.8) is 0 Å². The van der Waals surface area contributed by atoms with Crippen molar-refractivity contribution in [2.75, 3.05) is 26.2 Å². The fourth-order valence-corrected chi connectivity index (χ4v) is 4.77. The summed E-state index contributed by atoms with van der Waals surface area (Å²) >= 11 is 0. The number of halogens is 1. The highest BCUT2D eigenvalue weighted by Crippen LogP contribution is 2.36. The largest absolute Gasteiger partial charge is 0.493 e. The van der Waals surface area contributed by atoms with Crippen LogP contribution in [0.1, 0.15) is 54.7 Å². The van der Waals surface area contributed by atoms with E-state index in [1.165, 1.54) is 5.56 Å². The van der Waals surface area contributed by atoms with Gasteiger partial charge in [-0.15, -0.1) is 22.6 Å². The maximum atomic E-state index is 12.9. The molecule has 1 aromatic heterocycles. The van der Waals surface area contributed by atoms with Crippen LogP contribution in [0.4, 0.5) is 0 Å². The zero-order chi connectivity index (χ0) is 18.9. The summed E-state index contributed by atoms with van der Waals surface area (Å²) in [5.41, 5.74) is 1.18. The van der Waals surface area contributed by atoms with E-state index in [0.29, 0.717) is 18.9 Å². The third kappa shape index (κ3) is 3.98. The summed E-state index contributed by atoms with van der Waals surface area (Å²) in [6.07, 6.45) is 3.44. The first-order valence-corrected chi connectivity index (χ1v) is 10.4. The molecule has 4 heterocycles. The molecule has 7 nitrogen and oxygen atoms in total. The van der Waals surface area contributed by atoms with Crippen molar-refractivity contribution >= 4 is 18.3 Å². The van der Waals surface area contributed by atoms with Gasteiger partial charge in [-0.3, -0.25) is 4.79 Å². The van der Waals surface area contributed by atoms with E-state index < -0.39 is 0 Å². The molecule has 0 saturated carbocycles. The number of likely N-dealkylation sites (tertiary alicyclic amines) is 1. The van der Waals surface area contributed by atoms with E-state index in [-0.39, 0.29) is 24.2 Å². The predicted molar refractivity (Wildman–Crippen MR) is 111 cm³/mol. The Hall–Kier alpha value is -2.12. The molecule has 1 saturated heterocycles. The Kier molecular flexibility index (Phi) is 6.06. The highest BCUT2D eigenvalue weighted by Gasteiger charge is 2.31. The monoisotopic (exact) mass is 417 g/mol. The summed E-state index contributed by atoms with van der Waals surface area (Å²) in [5.74, 6) is 4.04. The number of ether oxygens (including phenoxy) is 1. The van der Waals surface area contributed by atoms with Crippen LogP contribution in [-0.4, -0.2) is 51.8 Å². The number of rotatable bonds is 3. The summed E-state index contributed by atoms with van der Waals surface area (Å²) in [7, 11) is 0. The lowest BCUT2D eigenvalue weighted by Gasteiger charge is -2.34. The first-order valence-electron chi connectivity index (χ1n) is 10.4. The number of benzene rings is 1. The van der Waals surface area contributed by atoms with Crippen LogP contribution in [-0.2, 0) is 17.9 Å². The number of amides is 1. The van der Waals surface area contributed by atoms with Gasteiger partial charge in [0.1, 0.15) is 17.4 Å². The molecule has 2 aromatic rings. The minimum atomic E-state index is 0. The first kappa shape index (κ1) is 20.2. The number of nitrogens with one attached hydrogen (secondary N) is 1. The van der Waals surface area contributed by atoms with Crippen molar-refractivity contribution < 1.29 is 9.53 Å². The molecule has 1 atom stereocenters. The second kappa shape index (κ2) is 8.71. The Morgan fingerprint density at radius 3 is 2.83 bits per heavy atom. The van der Waals surface area contributed by atoms with Crippen LogP contribution in [0.15, 0.2) is 24.3 Å². The lowest BCUT2D eigenvalue weighted by molar-refractivity contribution is -0.132. The lowest BCUT2D eigenvalue weighted by atomic mass is 9.89. The highest BCUT2D eigenvalue weighted by atomic mass is 35.5. The number of carbonyl (C=O) groups is 1. The number of hydrogen-bond donors (Lipinski definition) is 1. The Balaban J connectivity index is 0.00000205. The zero-order valence-corrected chi connectivity index (χ0v) is 17.4. The number of piperidine rings is 1. The molecule has 1 aromatic carbocycles. The van der Waals surface area contributed by atoms with Gasteiger partial charge in [0.25, 0.3) is 0 Å².